The van der Waals surface area contributed by atoms with Gasteiger partial charge in [0.15, 0.2) is 12.4 Å². The van der Waals surface area contributed by atoms with E-state index >= 15 is 0 Å². The van der Waals surface area contributed by atoms with Crippen molar-refractivity contribution in [2.45, 2.75) is 58.9 Å². The molecule has 0 unspecified atom stereocenters. The molecule has 1 heterocycles. The topological polar surface area (TPSA) is 72.5 Å². The first-order valence-electron chi connectivity index (χ1n) is 8.91. The number of esters is 1. The summed E-state index contributed by atoms with van der Waals surface area (Å²) in [7, 11) is 0. The van der Waals surface area contributed by atoms with Crippen molar-refractivity contribution in [1.29, 1.82) is 0 Å². The molecule has 138 valence electrons. The molecule has 1 saturated carbocycles. The van der Waals surface area contributed by atoms with Crippen LogP contribution in [0, 0.1) is 18.8 Å². The average molecular weight is 365 g/mol. The van der Waals surface area contributed by atoms with Gasteiger partial charge < -0.3 is 10.1 Å². The maximum Gasteiger partial charge on any atom is 0.306 e. The monoisotopic (exact) mass is 365 g/mol. The van der Waals surface area contributed by atoms with Gasteiger partial charge in [0.1, 0.15) is 0 Å². The predicted molar refractivity (Wildman–Crippen MR) is 97.7 cm³/mol. The second-order valence-corrected chi connectivity index (χ2v) is 8.22. The number of Topliss-reactive ketones (excluding diaryl/α,β-unsaturated/α-hetero) is 1. The molecular weight excluding hydrogens is 338 g/mol. The lowest BCUT2D eigenvalue weighted by Crippen LogP contribution is -2.45. The molecule has 5 nitrogen and oxygen atoms in total. The number of amides is 1. The van der Waals surface area contributed by atoms with E-state index in [9.17, 15) is 14.4 Å². The molecular formula is C19H27NO4S. The van der Waals surface area contributed by atoms with Gasteiger partial charge in [0.2, 0.25) is 0 Å². The van der Waals surface area contributed by atoms with E-state index in [0.717, 1.165) is 17.7 Å². The highest BCUT2D eigenvalue weighted by Gasteiger charge is 2.28. The Morgan fingerprint density at radius 2 is 1.96 bits per heavy atom. The molecule has 0 radical (unpaired) electrons. The quantitative estimate of drug-likeness (QED) is 0.593. The minimum atomic E-state index is -0.512. The van der Waals surface area contributed by atoms with Crippen molar-refractivity contribution in [3.8, 4) is 0 Å². The molecule has 0 spiro atoms. The maximum atomic E-state index is 12.0. The number of aryl methyl sites for hydroxylation is 1. The summed E-state index contributed by atoms with van der Waals surface area (Å²) in [5.74, 6) is 0.180. The molecule has 1 aliphatic carbocycles. The zero-order chi connectivity index (χ0) is 18.4. The van der Waals surface area contributed by atoms with E-state index in [4.69, 9.17) is 4.74 Å². The number of nitrogens with one attached hydrogen (secondary N) is 1. The molecule has 1 N–H and O–H groups in total. The van der Waals surface area contributed by atoms with Crippen LogP contribution in [0.2, 0.25) is 0 Å². The van der Waals surface area contributed by atoms with Gasteiger partial charge in [-0.1, -0.05) is 26.7 Å². The van der Waals surface area contributed by atoms with E-state index in [-0.39, 0.29) is 37.2 Å². The van der Waals surface area contributed by atoms with Gasteiger partial charge in [-0.25, -0.2) is 0 Å². The molecule has 6 heteroatoms. The summed E-state index contributed by atoms with van der Waals surface area (Å²) in [5.41, 5.74) is 0. The van der Waals surface area contributed by atoms with Gasteiger partial charge in [0.25, 0.3) is 5.91 Å². The molecule has 1 aliphatic rings. The number of rotatable bonds is 7. The molecule has 1 fully saturated rings. The number of hydrogen-bond donors (Lipinski definition) is 1. The fraction of sp³-hybridized carbons (Fsp3) is 0.632. The van der Waals surface area contributed by atoms with Crippen LogP contribution in [0.1, 0.15) is 60.5 Å². The van der Waals surface area contributed by atoms with Gasteiger partial charge in [-0.3, -0.25) is 14.4 Å². The van der Waals surface area contributed by atoms with Gasteiger partial charge in [0, 0.05) is 17.3 Å². The van der Waals surface area contributed by atoms with Crippen molar-refractivity contribution < 1.29 is 19.1 Å². The number of ether oxygens (including phenoxy) is 1. The van der Waals surface area contributed by atoms with Crippen molar-refractivity contribution in [2.24, 2.45) is 11.8 Å². The fourth-order valence-electron chi connectivity index (χ4n) is 3.18. The van der Waals surface area contributed by atoms with E-state index in [1.54, 1.807) is 6.07 Å². The summed E-state index contributed by atoms with van der Waals surface area (Å²) in [5, 5.41) is 2.97. The van der Waals surface area contributed by atoms with Gasteiger partial charge in [0.05, 0.1) is 11.3 Å². The molecule has 0 bridgehead atoms. The molecule has 1 aromatic rings. The summed E-state index contributed by atoms with van der Waals surface area (Å²) >= 11 is 1.42. The first-order valence-corrected chi connectivity index (χ1v) is 9.73. The van der Waals surface area contributed by atoms with Crippen LogP contribution in [-0.4, -0.2) is 30.3 Å². The molecule has 1 aromatic heterocycles. The Hall–Kier alpha value is -1.69. The van der Waals surface area contributed by atoms with Crippen molar-refractivity contribution in [2.75, 3.05) is 6.61 Å². The number of hydrogen-bond acceptors (Lipinski definition) is 5. The normalized spacial score (nSPS) is 23.1. The van der Waals surface area contributed by atoms with Gasteiger partial charge in [-0.2, -0.15) is 0 Å². The standard InChI is InChI=1S/C19H27NO4S/c1-12-5-4-6-15(14(12)3)20-18(22)11-24-19(23)10-8-16(21)17-9-7-13(2)25-17/h7,9,12,14-15H,4-6,8,10-11H2,1-3H3,(H,20,22)/t12-,14+,15-/m1/s1. The Morgan fingerprint density at radius 3 is 2.64 bits per heavy atom. The Morgan fingerprint density at radius 1 is 1.20 bits per heavy atom. The first-order chi connectivity index (χ1) is 11.9. The van der Waals surface area contributed by atoms with E-state index < -0.39 is 5.97 Å². The van der Waals surface area contributed by atoms with Gasteiger partial charge >= 0.3 is 5.97 Å². The molecule has 0 aromatic carbocycles. The number of carbonyl (C=O) groups is 3. The summed E-state index contributed by atoms with van der Waals surface area (Å²) in [6, 6.07) is 3.81. The zero-order valence-corrected chi connectivity index (χ0v) is 16.0. The van der Waals surface area contributed by atoms with Gasteiger partial charge in [-0.15, -0.1) is 11.3 Å². The molecule has 25 heavy (non-hydrogen) atoms. The van der Waals surface area contributed by atoms with E-state index in [0.29, 0.717) is 16.7 Å². The summed E-state index contributed by atoms with van der Waals surface area (Å²) < 4.78 is 5.00. The van der Waals surface area contributed by atoms with E-state index in [2.05, 4.69) is 19.2 Å². The summed E-state index contributed by atoms with van der Waals surface area (Å²) in [4.78, 5) is 37.4. The van der Waals surface area contributed by atoms with E-state index in [1.807, 2.05) is 13.0 Å². The zero-order valence-electron chi connectivity index (χ0n) is 15.2. The lowest BCUT2D eigenvalue weighted by atomic mass is 9.78. The lowest BCUT2D eigenvalue weighted by Gasteiger charge is -2.34. The number of thiophene rings is 1. The van der Waals surface area contributed by atoms with Crippen molar-refractivity contribution in [3.05, 3.63) is 21.9 Å². The second kappa shape index (κ2) is 9.13. The van der Waals surface area contributed by atoms with Crippen LogP contribution in [0.5, 0.6) is 0 Å². The SMILES string of the molecule is Cc1ccc(C(=O)CCC(=O)OCC(=O)N[C@@H]2CCC[C@@H](C)[C@@H]2C)s1. The Labute approximate surface area is 153 Å². The second-order valence-electron chi connectivity index (χ2n) is 6.94. The van der Waals surface area contributed by atoms with Crippen LogP contribution in [0.25, 0.3) is 0 Å². The van der Waals surface area contributed by atoms with Crippen LogP contribution in [0.15, 0.2) is 12.1 Å². The van der Waals surface area contributed by atoms with E-state index in [1.165, 1.54) is 17.8 Å². The molecule has 3 atom stereocenters. The number of carbonyl (C=O) groups excluding carboxylic acids is 3. The third kappa shape index (κ3) is 5.96. The summed E-state index contributed by atoms with van der Waals surface area (Å²) in [6.07, 6.45) is 3.39. The molecule has 1 amide bonds. The van der Waals surface area contributed by atoms with Crippen LogP contribution in [0.3, 0.4) is 0 Å². The first kappa shape index (κ1) is 19.6. The Balaban J connectivity index is 1.67. The van der Waals surface area contributed by atoms with Crippen molar-refractivity contribution in [3.63, 3.8) is 0 Å². The predicted octanol–water partition coefficient (Wildman–Crippen LogP) is 3.50. The molecule has 0 saturated heterocycles. The highest BCUT2D eigenvalue weighted by atomic mass is 32.1. The van der Waals surface area contributed by atoms with Crippen LogP contribution in [0.4, 0.5) is 0 Å². The minimum Gasteiger partial charge on any atom is -0.456 e. The number of ketones is 1. The lowest BCUT2D eigenvalue weighted by molar-refractivity contribution is -0.148. The highest BCUT2D eigenvalue weighted by Crippen LogP contribution is 2.29. The summed E-state index contributed by atoms with van der Waals surface area (Å²) in [6.45, 7) is 6.01. The van der Waals surface area contributed by atoms with Gasteiger partial charge in [-0.05, 0) is 37.3 Å². The largest absolute Gasteiger partial charge is 0.456 e. The minimum absolute atomic E-state index is 0.0000730. The van der Waals surface area contributed by atoms with Crippen LogP contribution in [-0.2, 0) is 14.3 Å². The maximum absolute atomic E-state index is 12.0. The Kier molecular flexibility index (Phi) is 7.17. The smallest absolute Gasteiger partial charge is 0.306 e. The molecule has 2 rings (SSSR count). The fourth-order valence-corrected chi connectivity index (χ4v) is 4.01. The highest BCUT2D eigenvalue weighted by molar-refractivity contribution is 7.14. The van der Waals surface area contributed by atoms with Crippen LogP contribution >= 0.6 is 11.3 Å². The third-order valence-corrected chi connectivity index (χ3v) is 6.03. The third-order valence-electron chi connectivity index (χ3n) is 4.99. The van der Waals surface area contributed by atoms with Crippen molar-refractivity contribution >= 4 is 29.0 Å². The average Bonchev–Trinajstić information content (AvgIpc) is 3.01. The van der Waals surface area contributed by atoms with Crippen molar-refractivity contribution in [1.82, 2.24) is 5.32 Å². The van der Waals surface area contributed by atoms with Crippen LogP contribution < -0.4 is 5.32 Å². The Bertz CT molecular complexity index is 625. The molecule has 0 aliphatic heterocycles.